The molecule has 1 nitrogen and oxygen atoms in total. The first-order valence-electron chi connectivity index (χ1n) is 2.96. The fourth-order valence-corrected chi connectivity index (χ4v) is 0.836. The first kappa shape index (κ1) is 9.71. The maximum absolute atomic E-state index is 10.5. The van der Waals surface area contributed by atoms with Crippen LogP contribution in [0.2, 0.25) is 0 Å². The van der Waals surface area contributed by atoms with Crippen LogP contribution in [0.4, 0.5) is 0 Å². The summed E-state index contributed by atoms with van der Waals surface area (Å²) < 4.78 is 1.99. The summed E-state index contributed by atoms with van der Waals surface area (Å²) in [5.74, 6) is 0.165. The number of carbonyl (C=O) groups is 1. The SMILES string of the molecule is C=C(/C=C\[CH]=[W])CC(C)=O. The van der Waals surface area contributed by atoms with E-state index in [0.29, 0.717) is 6.42 Å². The van der Waals surface area contributed by atoms with Crippen LogP contribution >= 0.6 is 0 Å². The van der Waals surface area contributed by atoms with Gasteiger partial charge in [0, 0.05) is 0 Å². The molecule has 0 radical (unpaired) electrons. The average Bonchev–Trinajstić information content (AvgIpc) is 1.82. The Kier molecular flexibility index (Phi) is 5.33. The second-order valence-corrected chi connectivity index (χ2v) is 3.01. The molecule has 0 rings (SSSR count). The van der Waals surface area contributed by atoms with Gasteiger partial charge in [-0.2, -0.15) is 0 Å². The molecule has 0 atom stereocenters. The summed E-state index contributed by atoms with van der Waals surface area (Å²) in [6, 6.07) is 0. The third kappa shape index (κ3) is 5.84. The van der Waals surface area contributed by atoms with E-state index in [4.69, 9.17) is 0 Å². The molecule has 0 fully saturated rings. The predicted molar refractivity (Wildman–Crippen MR) is 39.6 cm³/mol. The van der Waals surface area contributed by atoms with Crippen LogP contribution in [0.15, 0.2) is 24.3 Å². The monoisotopic (exact) mass is 306 g/mol. The molecule has 54 valence electrons. The van der Waals surface area contributed by atoms with Crippen LogP contribution in [0.1, 0.15) is 13.3 Å². The molecule has 0 amide bonds. The molecule has 0 saturated heterocycles. The molecule has 0 aromatic carbocycles. The third-order valence-electron chi connectivity index (χ3n) is 0.887. The molecule has 0 aliphatic rings. The number of hydrogen-bond acceptors (Lipinski definition) is 1. The van der Waals surface area contributed by atoms with Crippen LogP contribution in [0.3, 0.4) is 0 Å². The molecule has 0 N–H and O–H groups in total. The van der Waals surface area contributed by atoms with Crippen molar-refractivity contribution < 1.29 is 24.1 Å². The van der Waals surface area contributed by atoms with Crippen LogP contribution < -0.4 is 0 Å². The third-order valence-corrected chi connectivity index (χ3v) is 1.45. The minimum atomic E-state index is 0.165. The molecule has 0 aliphatic heterocycles. The molecule has 0 bridgehead atoms. The van der Waals surface area contributed by atoms with Crippen molar-refractivity contribution >= 4 is 10.2 Å². The van der Waals surface area contributed by atoms with Gasteiger partial charge in [-0.1, -0.05) is 0 Å². The van der Waals surface area contributed by atoms with Crippen molar-refractivity contribution in [2.75, 3.05) is 0 Å². The van der Waals surface area contributed by atoms with E-state index in [0.717, 1.165) is 5.57 Å². The van der Waals surface area contributed by atoms with E-state index in [1.807, 2.05) is 16.6 Å². The zero-order valence-corrected chi connectivity index (χ0v) is 8.90. The van der Waals surface area contributed by atoms with Crippen molar-refractivity contribution in [1.29, 1.82) is 0 Å². The number of hydrogen-bond donors (Lipinski definition) is 0. The molecule has 2 heteroatoms. The summed E-state index contributed by atoms with van der Waals surface area (Å²) in [4.78, 5) is 10.5. The summed E-state index contributed by atoms with van der Waals surface area (Å²) in [5.41, 5.74) is 0.880. The molecule has 0 aromatic heterocycles. The van der Waals surface area contributed by atoms with Crippen molar-refractivity contribution in [2.24, 2.45) is 0 Å². The number of rotatable bonds is 4. The first-order valence-corrected chi connectivity index (χ1v) is 4.65. The van der Waals surface area contributed by atoms with Gasteiger partial charge in [0.2, 0.25) is 0 Å². The Morgan fingerprint density at radius 2 is 2.30 bits per heavy atom. The average molecular weight is 306 g/mol. The van der Waals surface area contributed by atoms with Crippen molar-refractivity contribution in [1.82, 2.24) is 0 Å². The van der Waals surface area contributed by atoms with Gasteiger partial charge in [-0.05, 0) is 0 Å². The number of Topliss-reactive ketones (excluding diaryl/α,β-unsaturated/α-hetero) is 1. The topological polar surface area (TPSA) is 17.1 Å². The van der Waals surface area contributed by atoms with Crippen LogP contribution in [-0.4, -0.2) is 10.2 Å². The summed E-state index contributed by atoms with van der Waals surface area (Å²) in [5, 5.41) is 0. The fraction of sp³-hybridized carbons (Fsp3) is 0.250. The number of allylic oxidation sites excluding steroid dienone is 3. The van der Waals surface area contributed by atoms with E-state index < -0.39 is 0 Å². The standard InChI is InChI=1S/C8H10O.W/c1-4-5-7(2)6-8(3)9;/h1,4-5H,2,6H2,3H3;/b5-4-;. The van der Waals surface area contributed by atoms with E-state index in [1.165, 1.54) is 19.4 Å². The second kappa shape index (κ2) is 5.49. The molecule has 0 saturated carbocycles. The van der Waals surface area contributed by atoms with E-state index in [1.54, 1.807) is 6.92 Å². The zero-order valence-electron chi connectivity index (χ0n) is 5.96. The van der Waals surface area contributed by atoms with Crippen molar-refractivity contribution in [3.63, 3.8) is 0 Å². The van der Waals surface area contributed by atoms with E-state index in [2.05, 4.69) is 6.58 Å². The van der Waals surface area contributed by atoms with Gasteiger partial charge in [-0.25, -0.2) is 0 Å². The molecular formula is C8H10OW. The maximum atomic E-state index is 10.5. The van der Waals surface area contributed by atoms with Gasteiger partial charge in [-0.3, -0.25) is 0 Å². The Bertz CT molecular complexity index is 180. The molecule has 10 heavy (non-hydrogen) atoms. The fourth-order valence-electron chi connectivity index (χ4n) is 0.554. The van der Waals surface area contributed by atoms with Gasteiger partial charge in [0.1, 0.15) is 0 Å². The van der Waals surface area contributed by atoms with Gasteiger partial charge < -0.3 is 0 Å². The van der Waals surface area contributed by atoms with Gasteiger partial charge >= 0.3 is 72.0 Å². The summed E-state index contributed by atoms with van der Waals surface area (Å²) >= 11 is 1.40. The molecule has 0 aliphatic carbocycles. The van der Waals surface area contributed by atoms with Gasteiger partial charge in [0.25, 0.3) is 0 Å². The molecule has 0 spiro atoms. The summed E-state index contributed by atoms with van der Waals surface area (Å²) in [6.45, 7) is 5.28. The molecule has 0 aromatic rings. The predicted octanol–water partition coefficient (Wildman–Crippen LogP) is 1.43. The van der Waals surface area contributed by atoms with E-state index in [9.17, 15) is 4.79 Å². The van der Waals surface area contributed by atoms with Gasteiger partial charge in [-0.15, -0.1) is 0 Å². The Morgan fingerprint density at radius 1 is 1.70 bits per heavy atom. The first-order chi connectivity index (χ1) is 4.66. The van der Waals surface area contributed by atoms with Gasteiger partial charge in [0.05, 0.1) is 0 Å². The van der Waals surface area contributed by atoms with Crippen LogP contribution in [0, 0.1) is 0 Å². The number of ketones is 1. The Labute approximate surface area is 72.2 Å². The molecular weight excluding hydrogens is 296 g/mol. The van der Waals surface area contributed by atoms with Crippen LogP contribution in [0.25, 0.3) is 0 Å². The Morgan fingerprint density at radius 3 is 2.70 bits per heavy atom. The second-order valence-electron chi connectivity index (χ2n) is 2.03. The summed E-state index contributed by atoms with van der Waals surface area (Å²) in [7, 11) is 0. The normalized spacial score (nSPS) is 9.70. The minimum absolute atomic E-state index is 0.165. The van der Waals surface area contributed by atoms with Crippen molar-refractivity contribution in [2.45, 2.75) is 13.3 Å². The Hall–Kier alpha value is -0.292. The van der Waals surface area contributed by atoms with Gasteiger partial charge in [0.15, 0.2) is 0 Å². The zero-order chi connectivity index (χ0) is 7.98. The van der Waals surface area contributed by atoms with Crippen molar-refractivity contribution in [3.8, 4) is 0 Å². The molecule has 0 unspecified atom stereocenters. The van der Waals surface area contributed by atoms with Crippen molar-refractivity contribution in [3.05, 3.63) is 24.3 Å². The van der Waals surface area contributed by atoms with Crippen LogP contribution in [0.5, 0.6) is 0 Å². The van der Waals surface area contributed by atoms with E-state index >= 15 is 0 Å². The summed E-state index contributed by atoms with van der Waals surface area (Å²) in [6.07, 6.45) is 4.26. The Balaban J connectivity index is 3.75. The number of carbonyl (C=O) groups excluding carboxylic acids is 1. The van der Waals surface area contributed by atoms with E-state index in [-0.39, 0.29) is 5.78 Å². The molecule has 0 heterocycles. The quantitative estimate of drug-likeness (QED) is 0.718. The van der Waals surface area contributed by atoms with Crippen LogP contribution in [-0.2, 0) is 24.1 Å².